The van der Waals surface area contributed by atoms with E-state index in [2.05, 4.69) is 0 Å². The SMILES string of the molecule is CC(C)(C)CC(=O)C(C#N)c1cccc(Cl)c1F. The number of ketones is 1. The molecule has 4 heteroatoms. The number of rotatable bonds is 3. The highest BCUT2D eigenvalue weighted by atomic mass is 35.5. The number of nitrogens with zero attached hydrogens (tertiary/aromatic N) is 1. The minimum absolute atomic E-state index is 0.0549. The third kappa shape index (κ3) is 3.54. The van der Waals surface area contributed by atoms with Crippen LogP contribution in [-0.4, -0.2) is 5.78 Å². The first kappa shape index (κ1) is 14.7. The van der Waals surface area contributed by atoms with Crippen LogP contribution >= 0.6 is 11.6 Å². The molecule has 0 amide bonds. The molecule has 0 bridgehead atoms. The highest BCUT2D eigenvalue weighted by molar-refractivity contribution is 6.30. The van der Waals surface area contributed by atoms with Crippen molar-refractivity contribution in [3.05, 3.63) is 34.6 Å². The van der Waals surface area contributed by atoms with Gasteiger partial charge in [0.25, 0.3) is 0 Å². The molecular formula is C14H15ClFNO. The molecule has 0 spiro atoms. The maximum atomic E-state index is 13.8. The van der Waals surface area contributed by atoms with Gasteiger partial charge < -0.3 is 0 Å². The van der Waals surface area contributed by atoms with Gasteiger partial charge in [-0.2, -0.15) is 5.26 Å². The molecule has 1 aromatic rings. The number of hydrogen-bond donors (Lipinski definition) is 0. The number of carbonyl (C=O) groups excluding carboxylic acids is 1. The lowest BCUT2D eigenvalue weighted by Gasteiger charge is -2.19. The topological polar surface area (TPSA) is 40.9 Å². The van der Waals surface area contributed by atoms with Gasteiger partial charge in [0.2, 0.25) is 0 Å². The van der Waals surface area contributed by atoms with E-state index in [0.717, 1.165) is 0 Å². The van der Waals surface area contributed by atoms with Crippen LogP contribution in [0.15, 0.2) is 18.2 Å². The molecule has 0 radical (unpaired) electrons. The summed E-state index contributed by atoms with van der Waals surface area (Å²) >= 11 is 5.66. The largest absolute Gasteiger partial charge is 0.298 e. The van der Waals surface area contributed by atoms with Crippen LogP contribution in [-0.2, 0) is 4.79 Å². The van der Waals surface area contributed by atoms with Gasteiger partial charge in [-0.15, -0.1) is 0 Å². The Balaban J connectivity index is 3.08. The molecular weight excluding hydrogens is 253 g/mol. The maximum absolute atomic E-state index is 13.8. The Kier molecular flexibility index (Phi) is 4.48. The monoisotopic (exact) mass is 267 g/mol. The molecule has 96 valence electrons. The number of carbonyl (C=O) groups is 1. The smallest absolute Gasteiger partial charge is 0.155 e. The van der Waals surface area contributed by atoms with Gasteiger partial charge >= 0.3 is 0 Å². The van der Waals surface area contributed by atoms with E-state index in [-0.39, 0.29) is 28.2 Å². The Hall–Kier alpha value is -1.40. The molecule has 0 aliphatic rings. The van der Waals surface area contributed by atoms with Crippen LogP contribution in [0.25, 0.3) is 0 Å². The average Bonchev–Trinajstić information content (AvgIpc) is 2.22. The normalized spacial score (nSPS) is 12.9. The molecule has 1 atom stereocenters. The van der Waals surface area contributed by atoms with Crippen molar-refractivity contribution < 1.29 is 9.18 Å². The molecule has 1 aromatic carbocycles. The maximum Gasteiger partial charge on any atom is 0.155 e. The zero-order valence-corrected chi connectivity index (χ0v) is 11.4. The lowest BCUT2D eigenvalue weighted by Crippen LogP contribution is -2.19. The summed E-state index contributed by atoms with van der Waals surface area (Å²) in [6.07, 6.45) is 0.219. The van der Waals surface area contributed by atoms with E-state index in [1.54, 1.807) is 0 Å². The van der Waals surface area contributed by atoms with E-state index < -0.39 is 11.7 Å². The molecule has 0 aliphatic heterocycles. The Morgan fingerprint density at radius 2 is 2.11 bits per heavy atom. The van der Waals surface area contributed by atoms with Gasteiger partial charge in [0.05, 0.1) is 11.1 Å². The van der Waals surface area contributed by atoms with Crippen molar-refractivity contribution in [1.82, 2.24) is 0 Å². The van der Waals surface area contributed by atoms with Crippen LogP contribution in [0.2, 0.25) is 5.02 Å². The molecule has 0 heterocycles. The van der Waals surface area contributed by atoms with Gasteiger partial charge in [-0.1, -0.05) is 44.5 Å². The van der Waals surface area contributed by atoms with Gasteiger partial charge in [0.15, 0.2) is 5.78 Å². The van der Waals surface area contributed by atoms with E-state index in [9.17, 15) is 9.18 Å². The summed E-state index contributed by atoms with van der Waals surface area (Å²) < 4.78 is 13.8. The lowest BCUT2D eigenvalue weighted by atomic mass is 9.83. The molecule has 2 nitrogen and oxygen atoms in total. The van der Waals surface area contributed by atoms with Gasteiger partial charge in [-0.25, -0.2) is 4.39 Å². The summed E-state index contributed by atoms with van der Waals surface area (Å²) in [6.45, 7) is 5.69. The van der Waals surface area contributed by atoms with E-state index in [1.165, 1.54) is 18.2 Å². The third-order valence-electron chi connectivity index (χ3n) is 2.45. The quantitative estimate of drug-likeness (QED) is 0.827. The zero-order chi connectivity index (χ0) is 13.9. The van der Waals surface area contributed by atoms with E-state index in [0.29, 0.717) is 0 Å². The Bertz CT molecular complexity index is 499. The average molecular weight is 268 g/mol. The van der Waals surface area contributed by atoms with Crippen LogP contribution in [0.1, 0.15) is 38.7 Å². The second kappa shape index (κ2) is 5.49. The van der Waals surface area contributed by atoms with Crippen LogP contribution in [0.4, 0.5) is 4.39 Å². The Morgan fingerprint density at radius 1 is 1.50 bits per heavy atom. The molecule has 0 aromatic heterocycles. The fourth-order valence-electron chi connectivity index (χ4n) is 1.68. The number of benzene rings is 1. The predicted molar refractivity (Wildman–Crippen MR) is 68.8 cm³/mol. The summed E-state index contributed by atoms with van der Waals surface area (Å²) in [5.41, 5.74) is -0.180. The Morgan fingerprint density at radius 3 is 2.61 bits per heavy atom. The number of nitriles is 1. The predicted octanol–water partition coefficient (Wildman–Crippen LogP) is 4.09. The molecule has 18 heavy (non-hydrogen) atoms. The number of halogens is 2. The second-order valence-electron chi connectivity index (χ2n) is 5.41. The Labute approximate surface area is 111 Å². The van der Waals surface area contributed by atoms with Crippen molar-refractivity contribution in [2.24, 2.45) is 5.41 Å². The summed E-state index contributed by atoms with van der Waals surface area (Å²) in [4.78, 5) is 12.0. The van der Waals surface area contributed by atoms with Crippen molar-refractivity contribution in [3.8, 4) is 6.07 Å². The van der Waals surface area contributed by atoms with Gasteiger partial charge in [0.1, 0.15) is 11.7 Å². The van der Waals surface area contributed by atoms with E-state index in [1.807, 2.05) is 26.8 Å². The highest BCUT2D eigenvalue weighted by Crippen LogP contribution is 2.29. The zero-order valence-electron chi connectivity index (χ0n) is 10.6. The first-order valence-corrected chi connectivity index (χ1v) is 6.00. The second-order valence-corrected chi connectivity index (χ2v) is 5.82. The van der Waals surface area contributed by atoms with Crippen LogP contribution in [0.3, 0.4) is 0 Å². The van der Waals surface area contributed by atoms with Crippen molar-refractivity contribution in [2.75, 3.05) is 0 Å². The van der Waals surface area contributed by atoms with Gasteiger partial charge in [-0.3, -0.25) is 4.79 Å². The van der Waals surface area contributed by atoms with Gasteiger partial charge in [0, 0.05) is 12.0 Å². The fraction of sp³-hybridized carbons (Fsp3) is 0.429. The first-order chi connectivity index (χ1) is 8.26. The van der Waals surface area contributed by atoms with Crippen molar-refractivity contribution in [2.45, 2.75) is 33.1 Å². The third-order valence-corrected chi connectivity index (χ3v) is 2.74. The van der Waals surface area contributed by atoms with E-state index >= 15 is 0 Å². The summed E-state index contributed by atoms with van der Waals surface area (Å²) in [7, 11) is 0. The molecule has 0 fully saturated rings. The molecule has 0 N–H and O–H groups in total. The van der Waals surface area contributed by atoms with Crippen LogP contribution in [0.5, 0.6) is 0 Å². The standard InChI is InChI=1S/C14H15ClFNO/c1-14(2,3)7-12(18)10(8-17)9-5-4-6-11(15)13(9)16/h4-6,10H,7H2,1-3H3. The molecule has 1 unspecified atom stereocenters. The lowest BCUT2D eigenvalue weighted by molar-refractivity contribution is -0.121. The van der Waals surface area contributed by atoms with Gasteiger partial charge in [-0.05, 0) is 11.5 Å². The highest BCUT2D eigenvalue weighted by Gasteiger charge is 2.27. The van der Waals surface area contributed by atoms with E-state index in [4.69, 9.17) is 16.9 Å². The van der Waals surface area contributed by atoms with Crippen molar-refractivity contribution in [1.29, 1.82) is 5.26 Å². The summed E-state index contributed by atoms with van der Waals surface area (Å²) in [6, 6.07) is 6.22. The summed E-state index contributed by atoms with van der Waals surface area (Å²) in [5.74, 6) is -2.07. The van der Waals surface area contributed by atoms with Crippen LogP contribution < -0.4 is 0 Å². The summed E-state index contributed by atoms with van der Waals surface area (Å²) in [5, 5.41) is 9.01. The van der Waals surface area contributed by atoms with Crippen molar-refractivity contribution >= 4 is 17.4 Å². The molecule has 0 saturated heterocycles. The molecule has 1 rings (SSSR count). The minimum atomic E-state index is -1.09. The first-order valence-electron chi connectivity index (χ1n) is 5.62. The molecule has 0 aliphatic carbocycles. The number of hydrogen-bond acceptors (Lipinski definition) is 2. The fourth-order valence-corrected chi connectivity index (χ4v) is 1.87. The molecule has 0 saturated carbocycles. The minimum Gasteiger partial charge on any atom is -0.298 e. The number of Topliss-reactive ketones (excluding diaryl/α,β-unsaturated/α-hetero) is 1. The van der Waals surface area contributed by atoms with Crippen LogP contribution in [0, 0.1) is 22.6 Å². The van der Waals surface area contributed by atoms with Crippen molar-refractivity contribution in [3.63, 3.8) is 0 Å².